The monoisotopic (exact) mass is 286 g/mol. The molecular formula is C14H11FN4O2. The number of hydrogen-bond acceptors (Lipinski definition) is 5. The Morgan fingerprint density at radius 2 is 2.29 bits per heavy atom. The van der Waals surface area contributed by atoms with E-state index in [4.69, 9.17) is 4.42 Å². The number of rotatable bonds is 1. The van der Waals surface area contributed by atoms with Gasteiger partial charge in [0.1, 0.15) is 11.3 Å². The van der Waals surface area contributed by atoms with Gasteiger partial charge in [-0.15, -0.1) is 0 Å². The largest absolute Gasteiger partial charge is 0.423 e. The molecule has 0 aliphatic carbocycles. The van der Waals surface area contributed by atoms with E-state index in [1.54, 1.807) is 6.07 Å². The highest BCUT2D eigenvalue weighted by Crippen LogP contribution is 2.25. The molecule has 6 nitrogen and oxygen atoms in total. The van der Waals surface area contributed by atoms with Crippen LogP contribution in [0.5, 0.6) is 0 Å². The van der Waals surface area contributed by atoms with Gasteiger partial charge in [0, 0.05) is 19.0 Å². The van der Waals surface area contributed by atoms with Gasteiger partial charge < -0.3 is 14.3 Å². The minimum absolute atomic E-state index is 0.146. The average Bonchev–Trinajstić information content (AvgIpc) is 2.90. The third kappa shape index (κ3) is 1.97. The zero-order chi connectivity index (χ0) is 14.4. The van der Waals surface area contributed by atoms with Crippen LogP contribution in [0, 0.1) is 5.82 Å². The molecule has 3 aromatic rings. The SMILES string of the molecule is O=c1[nH]cnc2c1CN(c1nc3ccc(F)cc3o1)CC2. The number of oxazole rings is 1. The minimum atomic E-state index is -0.366. The molecule has 21 heavy (non-hydrogen) atoms. The lowest BCUT2D eigenvalue weighted by atomic mass is 10.1. The lowest BCUT2D eigenvalue weighted by Gasteiger charge is -2.25. The molecule has 0 atom stereocenters. The Bertz CT molecular complexity index is 886. The summed E-state index contributed by atoms with van der Waals surface area (Å²) in [7, 11) is 0. The van der Waals surface area contributed by atoms with Gasteiger partial charge in [-0.25, -0.2) is 9.37 Å². The van der Waals surface area contributed by atoms with Crippen molar-refractivity contribution >= 4 is 17.1 Å². The molecule has 7 heteroatoms. The van der Waals surface area contributed by atoms with E-state index in [1.807, 2.05) is 4.90 Å². The van der Waals surface area contributed by atoms with Crippen molar-refractivity contribution in [1.29, 1.82) is 0 Å². The fraction of sp³-hybridized carbons (Fsp3) is 0.214. The Balaban J connectivity index is 1.73. The standard InChI is InChI=1S/C14H11FN4O2/c15-8-1-2-11-12(5-8)21-14(18-11)19-4-3-10-9(6-19)13(20)17-7-16-10/h1-2,5,7H,3-4,6H2,(H,16,17,20). The van der Waals surface area contributed by atoms with Crippen molar-refractivity contribution < 1.29 is 8.81 Å². The van der Waals surface area contributed by atoms with E-state index in [0.29, 0.717) is 42.2 Å². The maximum atomic E-state index is 13.2. The summed E-state index contributed by atoms with van der Waals surface area (Å²) in [5.74, 6) is -0.366. The molecule has 4 rings (SSSR count). The highest BCUT2D eigenvalue weighted by atomic mass is 19.1. The second-order valence-corrected chi connectivity index (χ2v) is 4.94. The Hall–Kier alpha value is -2.70. The minimum Gasteiger partial charge on any atom is -0.423 e. The molecule has 0 amide bonds. The molecule has 0 saturated carbocycles. The molecule has 2 aromatic heterocycles. The summed E-state index contributed by atoms with van der Waals surface area (Å²) in [5, 5.41) is 0. The normalized spacial score (nSPS) is 14.4. The highest BCUT2D eigenvalue weighted by Gasteiger charge is 2.23. The first-order chi connectivity index (χ1) is 10.2. The first-order valence-electron chi connectivity index (χ1n) is 6.57. The molecule has 0 unspecified atom stereocenters. The predicted octanol–water partition coefficient (Wildman–Crippen LogP) is 1.61. The van der Waals surface area contributed by atoms with Crippen LogP contribution in [0.3, 0.4) is 0 Å². The second kappa shape index (κ2) is 4.41. The smallest absolute Gasteiger partial charge is 0.298 e. The molecule has 0 radical (unpaired) electrons. The van der Waals surface area contributed by atoms with E-state index in [0.717, 1.165) is 5.69 Å². The van der Waals surface area contributed by atoms with Crippen LogP contribution < -0.4 is 10.5 Å². The number of halogens is 1. The molecule has 0 saturated heterocycles. The number of nitrogens with one attached hydrogen (secondary N) is 1. The number of aromatic nitrogens is 3. The Kier molecular flexibility index (Phi) is 2.53. The Morgan fingerprint density at radius 1 is 1.38 bits per heavy atom. The fourth-order valence-electron chi connectivity index (χ4n) is 2.54. The van der Waals surface area contributed by atoms with Gasteiger partial charge in [-0.05, 0) is 12.1 Å². The fourth-order valence-corrected chi connectivity index (χ4v) is 2.54. The van der Waals surface area contributed by atoms with E-state index in [2.05, 4.69) is 15.0 Å². The van der Waals surface area contributed by atoms with Crippen LogP contribution in [0.1, 0.15) is 11.3 Å². The van der Waals surface area contributed by atoms with Gasteiger partial charge in [0.2, 0.25) is 0 Å². The summed E-state index contributed by atoms with van der Waals surface area (Å²) in [6, 6.07) is 4.61. The molecule has 1 N–H and O–H groups in total. The highest BCUT2D eigenvalue weighted by molar-refractivity contribution is 5.74. The van der Waals surface area contributed by atoms with Gasteiger partial charge in [-0.2, -0.15) is 4.98 Å². The summed E-state index contributed by atoms with van der Waals surface area (Å²) in [4.78, 5) is 24.8. The summed E-state index contributed by atoms with van der Waals surface area (Å²) < 4.78 is 18.8. The number of benzene rings is 1. The van der Waals surface area contributed by atoms with E-state index < -0.39 is 0 Å². The van der Waals surface area contributed by atoms with Gasteiger partial charge >= 0.3 is 0 Å². The maximum absolute atomic E-state index is 13.2. The zero-order valence-corrected chi connectivity index (χ0v) is 11.0. The van der Waals surface area contributed by atoms with Crippen molar-refractivity contribution in [1.82, 2.24) is 15.0 Å². The van der Waals surface area contributed by atoms with Gasteiger partial charge in [0.25, 0.3) is 11.6 Å². The number of H-pyrrole nitrogens is 1. The first kappa shape index (κ1) is 12.1. The van der Waals surface area contributed by atoms with Crippen LogP contribution >= 0.6 is 0 Å². The summed E-state index contributed by atoms with van der Waals surface area (Å²) in [5.41, 5.74) is 2.27. The number of hydrogen-bond donors (Lipinski definition) is 1. The maximum Gasteiger partial charge on any atom is 0.298 e. The number of nitrogens with zero attached hydrogens (tertiary/aromatic N) is 3. The van der Waals surface area contributed by atoms with Crippen LogP contribution in [0.15, 0.2) is 33.7 Å². The summed E-state index contributed by atoms with van der Waals surface area (Å²) in [6.45, 7) is 1.03. The molecule has 0 spiro atoms. The summed E-state index contributed by atoms with van der Waals surface area (Å²) >= 11 is 0. The first-order valence-corrected chi connectivity index (χ1v) is 6.57. The molecule has 3 heterocycles. The molecule has 0 bridgehead atoms. The van der Waals surface area contributed by atoms with Crippen molar-refractivity contribution in [3.8, 4) is 0 Å². The van der Waals surface area contributed by atoms with Crippen molar-refractivity contribution in [3.05, 3.63) is 52.0 Å². The van der Waals surface area contributed by atoms with Crippen LogP contribution in [0.4, 0.5) is 10.4 Å². The van der Waals surface area contributed by atoms with Crippen LogP contribution in [-0.2, 0) is 13.0 Å². The van der Waals surface area contributed by atoms with Crippen LogP contribution in [0.25, 0.3) is 11.1 Å². The molecule has 1 aliphatic rings. The lowest BCUT2D eigenvalue weighted by molar-refractivity contribution is 0.546. The third-order valence-electron chi connectivity index (χ3n) is 3.62. The van der Waals surface area contributed by atoms with Crippen molar-refractivity contribution in [2.45, 2.75) is 13.0 Å². The molecule has 1 aliphatic heterocycles. The molecule has 106 valence electrons. The third-order valence-corrected chi connectivity index (χ3v) is 3.62. The number of anilines is 1. The molecular weight excluding hydrogens is 275 g/mol. The van der Waals surface area contributed by atoms with E-state index >= 15 is 0 Å². The van der Waals surface area contributed by atoms with E-state index in [-0.39, 0.29) is 11.4 Å². The van der Waals surface area contributed by atoms with Gasteiger partial charge in [-0.1, -0.05) is 0 Å². The molecule has 1 aromatic carbocycles. The quantitative estimate of drug-likeness (QED) is 0.735. The van der Waals surface area contributed by atoms with Crippen molar-refractivity contribution in [2.24, 2.45) is 0 Å². The van der Waals surface area contributed by atoms with Gasteiger partial charge in [-0.3, -0.25) is 4.79 Å². The average molecular weight is 286 g/mol. The van der Waals surface area contributed by atoms with E-state index in [1.165, 1.54) is 18.5 Å². The Labute approximate surface area is 118 Å². The zero-order valence-electron chi connectivity index (χ0n) is 11.0. The second-order valence-electron chi connectivity index (χ2n) is 4.94. The van der Waals surface area contributed by atoms with Crippen LogP contribution in [0.2, 0.25) is 0 Å². The van der Waals surface area contributed by atoms with Gasteiger partial charge in [0.15, 0.2) is 5.58 Å². The number of aromatic amines is 1. The lowest BCUT2D eigenvalue weighted by Crippen LogP contribution is -2.35. The van der Waals surface area contributed by atoms with Crippen LogP contribution in [-0.4, -0.2) is 21.5 Å². The topological polar surface area (TPSA) is 75.0 Å². The molecule has 0 fully saturated rings. The predicted molar refractivity (Wildman–Crippen MR) is 73.6 cm³/mol. The Morgan fingerprint density at radius 3 is 3.19 bits per heavy atom. The van der Waals surface area contributed by atoms with Crippen molar-refractivity contribution in [2.75, 3.05) is 11.4 Å². The summed E-state index contributed by atoms with van der Waals surface area (Å²) in [6.07, 6.45) is 2.06. The van der Waals surface area contributed by atoms with E-state index in [9.17, 15) is 9.18 Å². The van der Waals surface area contributed by atoms with Crippen molar-refractivity contribution in [3.63, 3.8) is 0 Å². The number of fused-ring (bicyclic) bond motifs is 2. The van der Waals surface area contributed by atoms with Gasteiger partial charge in [0.05, 0.1) is 24.1 Å².